The van der Waals surface area contributed by atoms with Gasteiger partial charge in [-0.05, 0) is 6.42 Å². The third kappa shape index (κ3) is 20.4. The summed E-state index contributed by atoms with van der Waals surface area (Å²) in [5.41, 5.74) is 0. The molecule has 0 aromatic rings. The van der Waals surface area contributed by atoms with Crippen LogP contribution in [0.2, 0.25) is 0 Å². The minimum Gasteiger partial charge on any atom is -0.480 e. The van der Waals surface area contributed by atoms with E-state index in [1.54, 1.807) is 0 Å². The fourth-order valence-electron chi connectivity index (χ4n) is 3.10. The Labute approximate surface area is 208 Å². The largest absolute Gasteiger partial charge is 0.480 e. The summed E-state index contributed by atoms with van der Waals surface area (Å²) in [5, 5.41) is 20.9. The fraction of sp³-hybridized carbons (Fsp3) is 0.870. The van der Waals surface area contributed by atoms with E-state index < -0.39 is 57.6 Å². The number of esters is 1. The fourth-order valence-corrected chi connectivity index (χ4v) is 3.87. The van der Waals surface area contributed by atoms with E-state index in [0.29, 0.717) is 6.42 Å². The predicted octanol–water partition coefficient (Wildman–Crippen LogP) is 3.70. The molecule has 0 aromatic carbocycles. The number of ether oxygens (including phenoxy) is 1. The maximum atomic E-state index is 11.9. The van der Waals surface area contributed by atoms with Gasteiger partial charge in [0.1, 0.15) is 12.7 Å². The number of hydrogen-bond donors (Lipinski definition) is 4. The van der Waals surface area contributed by atoms with E-state index in [1.165, 1.54) is 51.9 Å². The van der Waals surface area contributed by atoms with Crippen molar-refractivity contribution in [1.82, 2.24) is 5.32 Å². The van der Waals surface area contributed by atoms with Gasteiger partial charge in [-0.25, -0.2) is 9.36 Å². The van der Waals surface area contributed by atoms with Gasteiger partial charge < -0.3 is 25.2 Å². The van der Waals surface area contributed by atoms with Crippen LogP contribution in [0.25, 0.3) is 0 Å². The first kappa shape index (κ1) is 33.5. The van der Waals surface area contributed by atoms with E-state index in [1.807, 2.05) is 0 Å². The molecular formula is C23H44NO10P. The Morgan fingerprint density at radius 2 is 1.34 bits per heavy atom. The van der Waals surface area contributed by atoms with E-state index in [-0.39, 0.29) is 12.8 Å². The van der Waals surface area contributed by atoms with Crippen molar-refractivity contribution in [3.8, 4) is 0 Å². The van der Waals surface area contributed by atoms with Crippen LogP contribution >= 0.6 is 7.82 Å². The molecule has 0 aliphatic heterocycles. The van der Waals surface area contributed by atoms with Gasteiger partial charge in [0.05, 0.1) is 13.2 Å². The molecule has 0 aliphatic carbocycles. The van der Waals surface area contributed by atoms with E-state index >= 15 is 0 Å². The number of aliphatic carboxylic acids is 1. The molecule has 0 radical (unpaired) electrons. The van der Waals surface area contributed by atoms with Crippen LogP contribution in [0.4, 0.5) is 0 Å². The van der Waals surface area contributed by atoms with Gasteiger partial charge in [0.25, 0.3) is 0 Å². The Morgan fingerprint density at radius 3 is 1.86 bits per heavy atom. The van der Waals surface area contributed by atoms with Gasteiger partial charge in [-0.3, -0.25) is 18.6 Å². The van der Waals surface area contributed by atoms with E-state index in [2.05, 4.69) is 21.3 Å². The highest BCUT2D eigenvalue weighted by Crippen LogP contribution is 2.43. The molecule has 0 bridgehead atoms. The molecule has 206 valence electrons. The maximum Gasteiger partial charge on any atom is 0.472 e. The van der Waals surface area contributed by atoms with E-state index in [9.17, 15) is 28.9 Å². The second-order valence-corrected chi connectivity index (χ2v) is 9.95. The summed E-state index contributed by atoms with van der Waals surface area (Å²) in [7, 11) is -4.70. The third-order valence-electron chi connectivity index (χ3n) is 5.21. The standard InChI is InChI=1S/C23H44NO10P/c1-3-5-6-7-8-9-10-11-12-13-14-15-22(27)32-16-19(25)17-33-35(30,31)34-18-20(23(28)29)24-21(26)4-2/h19-20,25H,3-18H2,1-2H3,(H,24,26)(H,28,29)(H,30,31). The third-order valence-corrected chi connectivity index (χ3v) is 6.16. The van der Waals surface area contributed by atoms with Crippen molar-refractivity contribution in [1.29, 1.82) is 0 Å². The molecule has 0 aromatic heterocycles. The summed E-state index contributed by atoms with van der Waals surface area (Å²) in [6.45, 7) is 1.83. The number of phosphoric ester groups is 1. The minimum absolute atomic E-state index is 0.0290. The predicted molar refractivity (Wildman–Crippen MR) is 130 cm³/mol. The first-order chi connectivity index (χ1) is 16.6. The zero-order valence-corrected chi connectivity index (χ0v) is 22.0. The molecule has 35 heavy (non-hydrogen) atoms. The quantitative estimate of drug-likeness (QED) is 0.0876. The number of amides is 1. The lowest BCUT2D eigenvalue weighted by molar-refractivity contribution is -0.147. The molecule has 0 rings (SSSR count). The molecule has 11 nitrogen and oxygen atoms in total. The number of rotatable bonds is 23. The van der Waals surface area contributed by atoms with Gasteiger partial charge in [-0.2, -0.15) is 0 Å². The minimum atomic E-state index is -4.70. The zero-order valence-electron chi connectivity index (χ0n) is 21.1. The number of aliphatic hydroxyl groups excluding tert-OH is 1. The summed E-state index contributed by atoms with van der Waals surface area (Å²) in [5.74, 6) is -2.49. The number of carbonyl (C=O) groups is 3. The normalized spacial score (nSPS) is 14.6. The van der Waals surface area contributed by atoms with Gasteiger partial charge in [0, 0.05) is 12.8 Å². The van der Waals surface area contributed by atoms with Crippen molar-refractivity contribution >= 4 is 25.7 Å². The lowest BCUT2D eigenvalue weighted by Crippen LogP contribution is -2.43. The molecule has 0 fully saturated rings. The maximum absolute atomic E-state index is 11.9. The molecule has 0 saturated heterocycles. The van der Waals surface area contributed by atoms with Crippen LogP contribution in [0, 0.1) is 0 Å². The molecule has 0 heterocycles. The highest BCUT2D eigenvalue weighted by atomic mass is 31.2. The average Bonchev–Trinajstić information content (AvgIpc) is 2.82. The Hall–Kier alpha value is -1.52. The molecule has 12 heteroatoms. The Kier molecular flexibility index (Phi) is 19.8. The number of aliphatic hydroxyl groups is 1. The second-order valence-electron chi connectivity index (χ2n) is 8.49. The first-order valence-electron chi connectivity index (χ1n) is 12.6. The smallest absolute Gasteiger partial charge is 0.472 e. The number of nitrogens with one attached hydrogen (secondary N) is 1. The lowest BCUT2D eigenvalue weighted by atomic mass is 10.1. The van der Waals surface area contributed by atoms with Crippen molar-refractivity contribution < 1.29 is 47.8 Å². The van der Waals surface area contributed by atoms with E-state index in [4.69, 9.17) is 9.84 Å². The van der Waals surface area contributed by atoms with Gasteiger partial charge >= 0.3 is 19.8 Å². The molecule has 3 atom stereocenters. The van der Waals surface area contributed by atoms with Crippen LogP contribution in [-0.2, 0) is 32.7 Å². The topological polar surface area (TPSA) is 169 Å². The van der Waals surface area contributed by atoms with Crippen LogP contribution in [0.1, 0.15) is 97.3 Å². The molecule has 3 unspecified atom stereocenters. The highest BCUT2D eigenvalue weighted by Gasteiger charge is 2.28. The molecular weight excluding hydrogens is 481 g/mol. The highest BCUT2D eigenvalue weighted by molar-refractivity contribution is 7.47. The van der Waals surface area contributed by atoms with Crippen molar-refractivity contribution in [3.63, 3.8) is 0 Å². The second kappa shape index (κ2) is 20.7. The molecule has 1 amide bonds. The number of carboxylic acid groups (broad SMARTS) is 1. The summed E-state index contributed by atoms with van der Waals surface area (Å²) >= 11 is 0. The number of carboxylic acids is 1. The van der Waals surface area contributed by atoms with Gasteiger partial charge in [0.2, 0.25) is 5.91 Å². The average molecular weight is 526 g/mol. The Bertz CT molecular complexity index is 646. The summed E-state index contributed by atoms with van der Waals surface area (Å²) < 4.78 is 26.0. The lowest BCUT2D eigenvalue weighted by Gasteiger charge is -2.18. The Balaban J connectivity index is 3.89. The van der Waals surface area contributed by atoms with Crippen LogP contribution in [-0.4, -0.2) is 64.9 Å². The zero-order chi connectivity index (χ0) is 26.5. The summed E-state index contributed by atoms with van der Waals surface area (Å²) in [4.78, 5) is 43.8. The monoisotopic (exact) mass is 525 g/mol. The molecule has 0 spiro atoms. The number of carbonyl (C=O) groups excluding carboxylic acids is 2. The first-order valence-corrected chi connectivity index (χ1v) is 14.1. The Morgan fingerprint density at radius 1 is 0.829 bits per heavy atom. The molecule has 4 N–H and O–H groups in total. The van der Waals surface area contributed by atoms with Crippen molar-refractivity contribution in [2.24, 2.45) is 0 Å². The van der Waals surface area contributed by atoms with Crippen LogP contribution in [0.3, 0.4) is 0 Å². The van der Waals surface area contributed by atoms with Gasteiger partial charge in [0.15, 0.2) is 6.04 Å². The summed E-state index contributed by atoms with van der Waals surface area (Å²) in [6.07, 6.45) is 11.7. The van der Waals surface area contributed by atoms with Crippen molar-refractivity contribution in [2.75, 3.05) is 19.8 Å². The van der Waals surface area contributed by atoms with Gasteiger partial charge in [-0.1, -0.05) is 78.1 Å². The number of unbranched alkanes of at least 4 members (excludes halogenated alkanes) is 10. The van der Waals surface area contributed by atoms with Crippen LogP contribution < -0.4 is 5.32 Å². The van der Waals surface area contributed by atoms with E-state index in [0.717, 1.165) is 19.3 Å². The van der Waals surface area contributed by atoms with Crippen LogP contribution in [0.5, 0.6) is 0 Å². The SMILES string of the molecule is CCCCCCCCCCCCCC(=O)OCC(O)COP(=O)(O)OCC(NC(=O)CC)C(=O)O. The van der Waals surface area contributed by atoms with Crippen LogP contribution in [0.15, 0.2) is 0 Å². The van der Waals surface area contributed by atoms with Gasteiger partial charge in [-0.15, -0.1) is 0 Å². The molecule has 0 saturated carbocycles. The number of phosphoric acid groups is 1. The molecule has 0 aliphatic rings. The van der Waals surface area contributed by atoms with Crippen molar-refractivity contribution in [2.45, 2.75) is 109 Å². The summed E-state index contributed by atoms with van der Waals surface area (Å²) in [6, 6.07) is -1.53. The number of hydrogen-bond acceptors (Lipinski definition) is 8. The van der Waals surface area contributed by atoms with Crippen molar-refractivity contribution in [3.05, 3.63) is 0 Å².